The van der Waals surface area contributed by atoms with Crippen LogP contribution in [0.5, 0.6) is 0 Å². The Morgan fingerprint density at radius 2 is 2.05 bits per heavy atom. The normalized spacial score (nSPS) is 12.8. The number of alkyl carbamates (subject to hydrolysis) is 1. The van der Waals surface area contributed by atoms with Crippen molar-refractivity contribution in [3.05, 3.63) is 19.2 Å². The van der Waals surface area contributed by atoms with E-state index in [9.17, 15) is 9.59 Å². The molecule has 5 nitrogen and oxygen atoms in total. The Labute approximate surface area is 138 Å². The van der Waals surface area contributed by atoms with Crippen molar-refractivity contribution in [1.82, 2.24) is 5.32 Å². The largest absolute Gasteiger partial charge is 0.481 e. The fraction of sp³-hybridized carbons (Fsp3) is 0.500. The molecule has 0 unspecified atom stereocenters. The molecule has 0 aliphatic rings. The molecule has 0 spiro atoms. The first-order valence-electron chi connectivity index (χ1n) is 5.74. The Hall–Kier alpha value is -0.600. The zero-order valence-corrected chi connectivity index (χ0v) is 15.2. The summed E-state index contributed by atoms with van der Waals surface area (Å²) in [6.45, 7) is 5.24. The average Bonchev–Trinajstić information content (AvgIpc) is 2.54. The number of ether oxygens (including phenoxy) is 1. The summed E-state index contributed by atoms with van der Waals surface area (Å²) in [5.41, 5.74) is -0.630. The number of rotatable bonds is 4. The summed E-state index contributed by atoms with van der Waals surface area (Å²) in [7, 11) is 0. The third kappa shape index (κ3) is 5.80. The molecule has 1 rings (SSSR count). The van der Waals surface area contributed by atoms with E-state index in [0.29, 0.717) is 0 Å². The second-order valence-corrected chi connectivity index (χ2v) is 8.32. The highest BCUT2D eigenvalue weighted by Gasteiger charge is 2.24. The molecule has 0 aliphatic heterocycles. The van der Waals surface area contributed by atoms with Gasteiger partial charge in [0.15, 0.2) is 0 Å². The van der Waals surface area contributed by atoms with E-state index in [1.54, 1.807) is 26.8 Å². The number of nitrogens with one attached hydrogen (secondary N) is 1. The Morgan fingerprint density at radius 3 is 2.45 bits per heavy atom. The van der Waals surface area contributed by atoms with Crippen LogP contribution >= 0.6 is 43.2 Å². The zero-order valence-electron chi connectivity index (χ0n) is 11.2. The molecule has 0 saturated heterocycles. The number of amides is 1. The van der Waals surface area contributed by atoms with Gasteiger partial charge in [0, 0.05) is 9.35 Å². The number of carbonyl (C=O) groups is 2. The lowest BCUT2D eigenvalue weighted by molar-refractivity contribution is -0.137. The van der Waals surface area contributed by atoms with Crippen molar-refractivity contribution in [2.45, 2.75) is 38.8 Å². The molecule has 0 radical (unpaired) electrons. The van der Waals surface area contributed by atoms with E-state index >= 15 is 0 Å². The minimum Gasteiger partial charge on any atom is -0.481 e. The monoisotopic (exact) mass is 427 g/mol. The molecule has 1 amide bonds. The van der Waals surface area contributed by atoms with Gasteiger partial charge in [0.05, 0.1) is 16.2 Å². The van der Waals surface area contributed by atoms with Gasteiger partial charge in [0.25, 0.3) is 0 Å². The van der Waals surface area contributed by atoms with Gasteiger partial charge in [0.1, 0.15) is 5.60 Å². The van der Waals surface area contributed by atoms with Crippen molar-refractivity contribution in [2.75, 3.05) is 0 Å². The molecular formula is C12H15Br2NO4S. The van der Waals surface area contributed by atoms with Crippen LogP contribution in [0.15, 0.2) is 14.3 Å². The molecule has 1 aromatic heterocycles. The van der Waals surface area contributed by atoms with Gasteiger partial charge in [-0.15, -0.1) is 11.3 Å². The highest BCUT2D eigenvalue weighted by molar-refractivity contribution is 9.13. The average molecular weight is 429 g/mol. The maximum atomic E-state index is 11.8. The second kappa shape index (κ2) is 6.91. The van der Waals surface area contributed by atoms with Crippen LogP contribution in [0.4, 0.5) is 4.79 Å². The van der Waals surface area contributed by atoms with Gasteiger partial charge in [-0.2, -0.15) is 0 Å². The van der Waals surface area contributed by atoms with Crippen LogP contribution in [-0.2, 0) is 9.53 Å². The Bertz CT molecular complexity index is 491. The number of carboxylic acid groups (broad SMARTS) is 1. The Kier molecular flexibility index (Phi) is 6.03. The summed E-state index contributed by atoms with van der Waals surface area (Å²) < 4.78 is 6.81. The van der Waals surface area contributed by atoms with Crippen molar-refractivity contribution < 1.29 is 19.4 Å². The molecular weight excluding hydrogens is 414 g/mol. The number of halogens is 2. The maximum absolute atomic E-state index is 11.8. The van der Waals surface area contributed by atoms with Gasteiger partial charge in [-0.3, -0.25) is 4.79 Å². The van der Waals surface area contributed by atoms with Crippen molar-refractivity contribution in [3.8, 4) is 0 Å². The van der Waals surface area contributed by atoms with E-state index in [4.69, 9.17) is 9.84 Å². The van der Waals surface area contributed by atoms with Gasteiger partial charge in [-0.05, 0) is 58.7 Å². The van der Waals surface area contributed by atoms with Gasteiger partial charge >= 0.3 is 12.1 Å². The van der Waals surface area contributed by atoms with Crippen LogP contribution in [0, 0.1) is 0 Å². The van der Waals surface area contributed by atoms with Gasteiger partial charge in [0.2, 0.25) is 0 Å². The minimum absolute atomic E-state index is 0.210. The number of carbonyl (C=O) groups excluding carboxylic acids is 1. The van der Waals surface area contributed by atoms with Gasteiger partial charge in [-0.25, -0.2) is 4.79 Å². The number of hydrogen-bond acceptors (Lipinski definition) is 4. The van der Waals surface area contributed by atoms with E-state index in [-0.39, 0.29) is 6.42 Å². The van der Waals surface area contributed by atoms with Crippen molar-refractivity contribution >= 4 is 55.3 Å². The lowest BCUT2D eigenvalue weighted by atomic mass is 10.1. The van der Waals surface area contributed by atoms with Crippen molar-refractivity contribution in [3.63, 3.8) is 0 Å². The summed E-state index contributed by atoms with van der Waals surface area (Å²) in [5.74, 6) is -0.994. The number of hydrogen-bond donors (Lipinski definition) is 2. The first kappa shape index (κ1) is 17.5. The fourth-order valence-corrected chi connectivity index (χ4v) is 3.52. The minimum atomic E-state index is -0.994. The molecule has 8 heteroatoms. The van der Waals surface area contributed by atoms with Crippen LogP contribution in [0.2, 0.25) is 0 Å². The summed E-state index contributed by atoms with van der Waals surface area (Å²) in [4.78, 5) is 23.4. The van der Waals surface area contributed by atoms with E-state index in [1.165, 1.54) is 11.3 Å². The quantitative estimate of drug-likeness (QED) is 0.748. The van der Waals surface area contributed by atoms with Gasteiger partial charge in [-0.1, -0.05) is 0 Å². The van der Waals surface area contributed by atoms with Crippen LogP contribution in [-0.4, -0.2) is 22.8 Å². The van der Waals surface area contributed by atoms with Crippen LogP contribution in [0.1, 0.15) is 38.1 Å². The summed E-state index contributed by atoms with van der Waals surface area (Å²) in [6, 6.07) is 1.15. The topological polar surface area (TPSA) is 75.6 Å². The van der Waals surface area contributed by atoms with Crippen LogP contribution in [0.25, 0.3) is 0 Å². The standard InChI is InChI=1S/C12H15Br2NO4S/c1-12(2,3)19-11(18)15-7(5-9(16)17)8-4-6(13)10(14)20-8/h4,7H,5H2,1-3H3,(H,15,18)(H,16,17)/t7-/m1/s1. The fourth-order valence-electron chi connectivity index (χ4n) is 1.38. The molecule has 0 bridgehead atoms. The molecule has 0 aliphatic carbocycles. The zero-order chi connectivity index (χ0) is 15.5. The molecule has 1 aromatic rings. The molecule has 0 fully saturated rings. The third-order valence-electron chi connectivity index (χ3n) is 2.08. The van der Waals surface area contributed by atoms with Gasteiger partial charge < -0.3 is 15.2 Å². The number of aliphatic carboxylic acids is 1. The lowest BCUT2D eigenvalue weighted by Crippen LogP contribution is -2.35. The molecule has 20 heavy (non-hydrogen) atoms. The molecule has 112 valence electrons. The third-order valence-corrected chi connectivity index (χ3v) is 5.45. The van der Waals surface area contributed by atoms with E-state index in [2.05, 4.69) is 37.2 Å². The Morgan fingerprint density at radius 1 is 1.45 bits per heavy atom. The summed E-state index contributed by atoms with van der Waals surface area (Å²) >= 11 is 8.04. The molecule has 1 heterocycles. The number of carboxylic acids is 1. The second-order valence-electron chi connectivity index (χ2n) is 5.07. The van der Waals surface area contributed by atoms with E-state index in [0.717, 1.165) is 13.1 Å². The first-order valence-corrected chi connectivity index (χ1v) is 8.15. The summed E-state index contributed by atoms with van der Waals surface area (Å²) in [6.07, 6.45) is -0.845. The highest BCUT2D eigenvalue weighted by atomic mass is 79.9. The van der Waals surface area contributed by atoms with Crippen LogP contribution in [0.3, 0.4) is 0 Å². The molecule has 0 aromatic carbocycles. The molecule has 1 atom stereocenters. The molecule has 0 saturated carbocycles. The lowest BCUT2D eigenvalue weighted by Gasteiger charge is -2.22. The highest BCUT2D eigenvalue weighted by Crippen LogP contribution is 2.36. The Balaban J connectivity index is 2.85. The van der Waals surface area contributed by atoms with Crippen LogP contribution < -0.4 is 5.32 Å². The first-order chi connectivity index (χ1) is 9.08. The molecule has 2 N–H and O–H groups in total. The maximum Gasteiger partial charge on any atom is 0.408 e. The van der Waals surface area contributed by atoms with Crippen molar-refractivity contribution in [2.24, 2.45) is 0 Å². The van der Waals surface area contributed by atoms with E-state index in [1.807, 2.05) is 0 Å². The predicted octanol–water partition coefficient (Wildman–Crippen LogP) is 4.31. The predicted molar refractivity (Wildman–Crippen MR) is 84.1 cm³/mol. The smallest absolute Gasteiger partial charge is 0.408 e. The van der Waals surface area contributed by atoms with Crippen molar-refractivity contribution in [1.29, 1.82) is 0 Å². The number of thiophene rings is 1. The SMILES string of the molecule is CC(C)(C)OC(=O)N[C@H](CC(=O)O)c1cc(Br)c(Br)s1. The van der Waals surface area contributed by atoms with E-state index < -0.39 is 23.7 Å². The summed E-state index contributed by atoms with van der Waals surface area (Å²) in [5, 5.41) is 11.5.